The minimum Gasteiger partial charge on any atom is -0.340 e. The second kappa shape index (κ2) is 9.38. The average molecular weight is 476 g/mol. The van der Waals surface area contributed by atoms with Crippen LogP contribution in [0.1, 0.15) is 42.6 Å². The number of amides is 2. The molecule has 0 aromatic heterocycles. The molecule has 0 spiro atoms. The maximum Gasteiger partial charge on any atom is 0.416 e. The normalized spacial score (nSPS) is 24.8. The quantitative estimate of drug-likeness (QED) is 0.655. The molecule has 0 saturated carbocycles. The van der Waals surface area contributed by atoms with E-state index in [4.69, 9.17) is 0 Å². The summed E-state index contributed by atoms with van der Waals surface area (Å²) in [6.07, 6.45) is -3.66. The molecule has 0 aliphatic carbocycles. The first-order valence-electron chi connectivity index (χ1n) is 10.6. The van der Waals surface area contributed by atoms with Crippen molar-refractivity contribution >= 4 is 21.7 Å². The Morgan fingerprint density at radius 2 is 2.00 bits per heavy atom. The number of rotatable bonds is 6. The summed E-state index contributed by atoms with van der Waals surface area (Å²) in [4.78, 5) is 27.1. The minimum absolute atomic E-state index is 0.0344. The average Bonchev–Trinajstić information content (AvgIpc) is 3.07. The number of carbonyl (C=O) groups excluding carboxylic acids is 2. The molecule has 0 radical (unpaired) electrons. The van der Waals surface area contributed by atoms with Crippen molar-refractivity contribution in [3.05, 3.63) is 35.4 Å². The SMILES string of the molecule is CC(C)S(=O)(=O)C[C@@H]1CNCC[C@@H]1N1CCC(NC(=O)c2cccc(C(F)(F)F)c2)C1=O. The Morgan fingerprint density at radius 3 is 2.66 bits per heavy atom. The van der Waals surface area contributed by atoms with Crippen LogP contribution in [-0.2, 0) is 20.8 Å². The van der Waals surface area contributed by atoms with Gasteiger partial charge in [-0.25, -0.2) is 8.42 Å². The molecule has 2 N–H and O–H groups in total. The lowest BCUT2D eigenvalue weighted by Crippen LogP contribution is -2.54. The lowest BCUT2D eigenvalue weighted by molar-refractivity contribution is -0.137. The Hall–Kier alpha value is -2.14. The summed E-state index contributed by atoms with van der Waals surface area (Å²) in [5.41, 5.74) is -1.11. The van der Waals surface area contributed by atoms with Crippen molar-refractivity contribution < 1.29 is 31.2 Å². The number of nitrogens with zero attached hydrogens (tertiary/aromatic N) is 1. The van der Waals surface area contributed by atoms with Gasteiger partial charge in [-0.05, 0) is 51.4 Å². The van der Waals surface area contributed by atoms with E-state index in [0.717, 1.165) is 18.2 Å². The topological polar surface area (TPSA) is 95.6 Å². The number of benzene rings is 1. The minimum atomic E-state index is -4.57. The number of alkyl halides is 3. The van der Waals surface area contributed by atoms with Crippen LogP contribution in [-0.4, -0.2) is 67.9 Å². The molecule has 2 fully saturated rings. The van der Waals surface area contributed by atoms with Crippen molar-refractivity contribution in [3.8, 4) is 0 Å². The van der Waals surface area contributed by atoms with E-state index in [0.29, 0.717) is 32.5 Å². The van der Waals surface area contributed by atoms with Gasteiger partial charge in [0.25, 0.3) is 5.91 Å². The van der Waals surface area contributed by atoms with Crippen LogP contribution >= 0.6 is 0 Å². The Kier molecular flexibility index (Phi) is 7.18. The monoisotopic (exact) mass is 475 g/mol. The Bertz CT molecular complexity index is 965. The van der Waals surface area contributed by atoms with E-state index in [1.54, 1.807) is 18.7 Å². The molecule has 2 amide bonds. The zero-order valence-electron chi connectivity index (χ0n) is 18.0. The largest absolute Gasteiger partial charge is 0.416 e. The molecule has 178 valence electrons. The molecular weight excluding hydrogens is 447 g/mol. The molecule has 2 saturated heterocycles. The molecule has 1 aromatic carbocycles. The number of halogens is 3. The highest BCUT2D eigenvalue weighted by Gasteiger charge is 2.42. The molecule has 2 aliphatic heterocycles. The zero-order chi connectivity index (χ0) is 23.7. The van der Waals surface area contributed by atoms with Crippen molar-refractivity contribution in [1.29, 1.82) is 0 Å². The lowest BCUT2D eigenvalue weighted by atomic mass is 9.93. The smallest absolute Gasteiger partial charge is 0.340 e. The first-order chi connectivity index (χ1) is 14.9. The molecule has 1 unspecified atom stereocenters. The van der Waals surface area contributed by atoms with Gasteiger partial charge in [-0.15, -0.1) is 0 Å². The fourth-order valence-corrected chi connectivity index (χ4v) is 5.55. The van der Waals surface area contributed by atoms with Crippen LogP contribution in [0.4, 0.5) is 13.2 Å². The standard InChI is InChI=1S/C21H28F3N3O4S/c1-13(2)32(30,31)12-15-11-25-8-6-18(15)27-9-7-17(20(27)29)26-19(28)14-4-3-5-16(10-14)21(22,23)24/h3-5,10,13,15,17-18,25H,6-9,11-12H2,1-2H3,(H,26,28)/t15-,17?,18-/m0/s1. The van der Waals surface area contributed by atoms with E-state index in [-0.39, 0.29) is 29.2 Å². The van der Waals surface area contributed by atoms with Gasteiger partial charge in [0, 0.05) is 30.6 Å². The number of likely N-dealkylation sites (tertiary alicyclic amines) is 1. The van der Waals surface area contributed by atoms with Crippen molar-refractivity contribution in [2.24, 2.45) is 5.92 Å². The Morgan fingerprint density at radius 1 is 1.28 bits per heavy atom. The highest BCUT2D eigenvalue weighted by atomic mass is 32.2. The van der Waals surface area contributed by atoms with Gasteiger partial charge in [-0.1, -0.05) is 6.07 Å². The van der Waals surface area contributed by atoms with Crippen LogP contribution < -0.4 is 10.6 Å². The van der Waals surface area contributed by atoms with Gasteiger partial charge in [-0.2, -0.15) is 13.2 Å². The predicted octanol–water partition coefficient (Wildman–Crippen LogP) is 1.84. The van der Waals surface area contributed by atoms with E-state index in [1.165, 1.54) is 6.07 Å². The molecule has 32 heavy (non-hydrogen) atoms. The molecule has 1 aromatic rings. The summed E-state index contributed by atoms with van der Waals surface area (Å²) in [6.45, 7) is 4.73. The first kappa shape index (κ1) is 24.5. The summed E-state index contributed by atoms with van der Waals surface area (Å²) in [5.74, 6) is -1.38. The summed E-state index contributed by atoms with van der Waals surface area (Å²) in [7, 11) is -3.30. The van der Waals surface area contributed by atoms with E-state index < -0.39 is 38.8 Å². The van der Waals surface area contributed by atoms with E-state index >= 15 is 0 Å². The van der Waals surface area contributed by atoms with Crippen molar-refractivity contribution in [2.75, 3.05) is 25.4 Å². The number of piperidine rings is 1. The van der Waals surface area contributed by atoms with Gasteiger partial charge >= 0.3 is 6.18 Å². The summed E-state index contributed by atoms with van der Waals surface area (Å²) < 4.78 is 63.6. The van der Waals surface area contributed by atoms with Crippen molar-refractivity contribution in [1.82, 2.24) is 15.5 Å². The van der Waals surface area contributed by atoms with Crippen LogP contribution in [0.3, 0.4) is 0 Å². The maximum atomic E-state index is 13.0. The predicted molar refractivity (Wildman–Crippen MR) is 113 cm³/mol. The van der Waals surface area contributed by atoms with E-state index in [9.17, 15) is 31.2 Å². The van der Waals surface area contributed by atoms with Gasteiger partial charge in [0.05, 0.1) is 16.6 Å². The number of nitrogens with one attached hydrogen (secondary N) is 2. The third-order valence-corrected chi connectivity index (χ3v) is 8.46. The second-order valence-corrected chi connectivity index (χ2v) is 11.2. The van der Waals surface area contributed by atoms with Crippen LogP contribution in [0.15, 0.2) is 24.3 Å². The number of hydrogen-bond acceptors (Lipinski definition) is 5. The van der Waals surface area contributed by atoms with Crippen LogP contribution in [0, 0.1) is 5.92 Å². The van der Waals surface area contributed by atoms with E-state index in [2.05, 4.69) is 10.6 Å². The molecule has 3 rings (SSSR count). The van der Waals surface area contributed by atoms with Gasteiger partial charge in [0.1, 0.15) is 6.04 Å². The second-order valence-electron chi connectivity index (χ2n) is 8.62. The molecule has 7 nitrogen and oxygen atoms in total. The Balaban J connectivity index is 1.69. The fourth-order valence-electron chi connectivity index (χ4n) is 4.22. The molecule has 3 atom stereocenters. The lowest BCUT2D eigenvalue weighted by Gasteiger charge is -2.38. The summed E-state index contributed by atoms with van der Waals surface area (Å²) in [6, 6.07) is 2.92. The third-order valence-electron chi connectivity index (χ3n) is 6.13. The third kappa shape index (κ3) is 5.43. The highest BCUT2D eigenvalue weighted by Crippen LogP contribution is 2.30. The summed E-state index contributed by atoms with van der Waals surface area (Å²) in [5, 5.41) is 5.21. The molecule has 11 heteroatoms. The fraction of sp³-hybridized carbons (Fsp3) is 0.619. The van der Waals surface area contributed by atoms with Crippen LogP contribution in [0.2, 0.25) is 0 Å². The highest BCUT2D eigenvalue weighted by molar-refractivity contribution is 7.91. The number of hydrogen-bond donors (Lipinski definition) is 2. The van der Waals surface area contributed by atoms with Gasteiger partial charge in [-0.3, -0.25) is 9.59 Å². The zero-order valence-corrected chi connectivity index (χ0v) is 18.8. The van der Waals surface area contributed by atoms with Gasteiger partial charge in [0.2, 0.25) is 5.91 Å². The number of carbonyl (C=O) groups is 2. The molecule has 2 aliphatic rings. The number of sulfone groups is 1. The maximum absolute atomic E-state index is 13.0. The summed E-state index contributed by atoms with van der Waals surface area (Å²) >= 11 is 0. The van der Waals surface area contributed by atoms with Gasteiger partial charge in [0.15, 0.2) is 9.84 Å². The van der Waals surface area contributed by atoms with Crippen LogP contribution in [0.5, 0.6) is 0 Å². The van der Waals surface area contributed by atoms with E-state index in [1.807, 2.05) is 0 Å². The Labute approximate surface area is 185 Å². The first-order valence-corrected chi connectivity index (χ1v) is 12.3. The molecule has 0 bridgehead atoms. The van der Waals surface area contributed by atoms with Crippen molar-refractivity contribution in [3.63, 3.8) is 0 Å². The van der Waals surface area contributed by atoms with Crippen molar-refractivity contribution in [2.45, 2.75) is 50.2 Å². The molecular formula is C21H28F3N3O4S. The van der Waals surface area contributed by atoms with Gasteiger partial charge < -0.3 is 15.5 Å². The molecule has 2 heterocycles. The van der Waals surface area contributed by atoms with Crippen LogP contribution in [0.25, 0.3) is 0 Å².